The van der Waals surface area contributed by atoms with Gasteiger partial charge in [-0.25, -0.2) is 4.79 Å². The van der Waals surface area contributed by atoms with Crippen LogP contribution in [0.25, 0.3) is 0 Å². The van der Waals surface area contributed by atoms with Crippen LogP contribution in [0.15, 0.2) is 11.6 Å². The second-order valence-electron chi connectivity index (χ2n) is 10.6. The summed E-state index contributed by atoms with van der Waals surface area (Å²) in [5.41, 5.74) is 1.07. The molecule has 0 saturated heterocycles. The maximum Gasteiger partial charge on any atom is 0.331 e. The van der Waals surface area contributed by atoms with E-state index in [1.807, 2.05) is 0 Å². The van der Waals surface area contributed by atoms with Crippen LogP contribution >= 0.6 is 0 Å². The van der Waals surface area contributed by atoms with Crippen LogP contribution in [-0.4, -0.2) is 28.6 Å². The second kappa shape index (κ2) is 5.82. The predicted molar refractivity (Wildman–Crippen MR) is 101 cm³/mol. The highest BCUT2D eigenvalue weighted by Crippen LogP contribution is 2.69. The van der Waals surface area contributed by atoms with Crippen molar-refractivity contribution in [3.8, 4) is 0 Å². The third-order valence-corrected chi connectivity index (χ3v) is 9.98. The number of carbonyl (C=O) groups is 1. The van der Waals surface area contributed by atoms with Gasteiger partial charge in [0.1, 0.15) is 6.61 Å². The zero-order valence-electron chi connectivity index (χ0n) is 16.7. The van der Waals surface area contributed by atoms with E-state index in [1.54, 1.807) is 6.08 Å². The minimum atomic E-state index is -1.51. The molecule has 0 aromatic heterocycles. The summed E-state index contributed by atoms with van der Waals surface area (Å²) in [5, 5.41) is 22.0. The number of fused-ring (bicyclic) bond motifs is 5. The number of esters is 1. The van der Waals surface area contributed by atoms with Gasteiger partial charge in [0.05, 0.1) is 0 Å². The summed E-state index contributed by atoms with van der Waals surface area (Å²) in [6, 6.07) is 0. The van der Waals surface area contributed by atoms with E-state index in [1.165, 1.54) is 18.4 Å². The van der Waals surface area contributed by atoms with Gasteiger partial charge < -0.3 is 14.9 Å². The molecular formula is C23H34O4. The molecule has 5 aliphatic rings. The Labute approximate surface area is 162 Å². The van der Waals surface area contributed by atoms with Crippen LogP contribution in [0, 0.1) is 40.4 Å². The van der Waals surface area contributed by atoms with Crippen molar-refractivity contribution in [3.63, 3.8) is 0 Å². The number of ether oxygens (including phenoxy) is 1. The van der Waals surface area contributed by atoms with Gasteiger partial charge >= 0.3 is 5.97 Å². The molecule has 4 nitrogen and oxygen atoms in total. The molecule has 7 atom stereocenters. The molecule has 4 saturated carbocycles. The molecule has 4 heteroatoms. The zero-order chi connectivity index (χ0) is 19.0. The van der Waals surface area contributed by atoms with Gasteiger partial charge in [0.15, 0.2) is 5.79 Å². The summed E-state index contributed by atoms with van der Waals surface area (Å²) >= 11 is 0. The molecule has 1 heterocycles. The third-order valence-electron chi connectivity index (χ3n) is 9.98. The van der Waals surface area contributed by atoms with Crippen LogP contribution in [-0.2, 0) is 9.53 Å². The van der Waals surface area contributed by atoms with Crippen molar-refractivity contribution < 1.29 is 19.7 Å². The number of hydrogen-bond donors (Lipinski definition) is 2. The van der Waals surface area contributed by atoms with Gasteiger partial charge in [-0.1, -0.05) is 13.8 Å². The smallest absolute Gasteiger partial charge is 0.331 e. The van der Waals surface area contributed by atoms with Crippen molar-refractivity contribution >= 4 is 5.97 Å². The van der Waals surface area contributed by atoms with E-state index in [4.69, 9.17) is 4.74 Å². The first-order valence-corrected chi connectivity index (χ1v) is 11.1. The molecule has 1 aliphatic heterocycles. The highest BCUT2D eigenvalue weighted by Gasteiger charge is 2.65. The van der Waals surface area contributed by atoms with Crippen LogP contribution in [0.2, 0.25) is 0 Å². The average Bonchev–Trinajstić information content (AvgIpc) is 3.18. The van der Waals surface area contributed by atoms with Gasteiger partial charge in [-0.05, 0) is 91.9 Å². The van der Waals surface area contributed by atoms with Crippen LogP contribution in [0.4, 0.5) is 0 Å². The van der Waals surface area contributed by atoms with Gasteiger partial charge in [-0.15, -0.1) is 0 Å². The number of carbonyl (C=O) groups excluding carboxylic acids is 1. The fourth-order valence-corrected chi connectivity index (χ4v) is 8.56. The van der Waals surface area contributed by atoms with Gasteiger partial charge in [0.2, 0.25) is 0 Å². The van der Waals surface area contributed by atoms with Gasteiger partial charge in [-0.2, -0.15) is 0 Å². The van der Waals surface area contributed by atoms with Crippen molar-refractivity contribution in [2.24, 2.45) is 40.4 Å². The molecule has 0 radical (unpaired) electrons. The Bertz CT molecular complexity index is 682. The monoisotopic (exact) mass is 374 g/mol. The summed E-state index contributed by atoms with van der Waals surface area (Å²) < 4.78 is 5.23. The molecule has 4 fully saturated rings. The minimum absolute atomic E-state index is 0.175. The third kappa shape index (κ3) is 2.32. The molecule has 150 valence electrons. The minimum Gasteiger partial charge on any atom is -0.458 e. The number of hydrogen-bond acceptors (Lipinski definition) is 4. The Morgan fingerprint density at radius 1 is 1.00 bits per heavy atom. The standard InChI is InChI=1S/C23H34O4/c1-21-11-9-19-16(6-5-15-4-3-10-23(25,26)22(15,19)2)18(21)8-7-17(21)14-12-20(24)27-13-14/h12,15-19,25-26H,3-11,13H2,1-2H3/t15?,16-,17+,18+,19-,21+,22-/m0/s1. The molecule has 4 aliphatic carbocycles. The summed E-state index contributed by atoms with van der Waals surface area (Å²) in [5.74, 6) is 0.857. The highest BCUT2D eigenvalue weighted by molar-refractivity contribution is 5.85. The first kappa shape index (κ1) is 18.2. The van der Waals surface area contributed by atoms with E-state index in [-0.39, 0.29) is 16.8 Å². The fraction of sp³-hybridized carbons (Fsp3) is 0.870. The first-order chi connectivity index (χ1) is 12.8. The van der Waals surface area contributed by atoms with Gasteiger partial charge in [-0.3, -0.25) is 0 Å². The van der Waals surface area contributed by atoms with Crippen molar-refractivity contribution in [2.75, 3.05) is 6.61 Å². The van der Waals surface area contributed by atoms with Gasteiger partial charge in [0.25, 0.3) is 0 Å². The van der Waals surface area contributed by atoms with Crippen molar-refractivity contribution in [1.82, 2.24) is 0 Å². The van der Waals surface area contributed by atoms with Crippen LogP contribution in [0.3, 0.4) is 0 Å². The molecule has 0 spiro atoms. The lowest BCUT2D eigenvalue weighted by Gasteiger charge is -2.63. The lowest BCUT2D eigenvalue weighted by atomic mass is 9.43. The Hall–Kier alpha value is -0.870. The lowest BCUT2D eigenvalue weighted by Crippen LogP contribution is -2.63. The predicted octanol–water partition coefficient (Wildman–Crippen LogP) is 3.81. The topological polar surface area (TPSA) is 66.8 Å². The summed E-state index contributed by atoms with van der Waals surface area (Å²) in [7, 11) is 0. The molecule has 0 bridgehead atoms. The Morgan fingerprint density at radius 2 is 1.81 bits per heavy atom. The average molecular weight is 375 g/mol. The van der Waals surface area contributed by atoms with E-state index >= 15 is 0 Å². The van der Waals surface area contributed by atoms with Crippen LogP contribution in [0.1, 0.15) is 71.6 Å². The van der Waals surface area contributed by atoms with E-state index < -0.39 is 5.79 Å². The zero-order valence-corrected chi connectivity index (χ0v) is 16.7. The van der Waals surface area contributed by atoms with E-state index in [2.05, 4.69) is 13.8 Å². The Kier molecular flexibility index (Phi) is 3.92. The van der Waals surface area contributed by atoms with Crippen molar-refractivity contribution in [1.29, 1.82) is 0 Å². The SMILES string of the molecule is C[C@]12CC[C@H]3[C@@H](CCC4CCCC(O)(O)[C@@]43C)[C@H]1CC[C@@H]2C1=CC(=O)OC1. The largest absolute Gasteiger partial charge is 0.458 e. The number of rotatable bonds is 1. The fourth-order valence-electron chi connectivity index (χ4n) is 8.56. The van der Waals surface area contributed by atoms with E-state index in [0.29, 0.717) is 42.6 Å². The van der Waals surface area contributed by atoms with Crippen molar-refractivity contribution in [3.05, 3.63) is 11.6 Å². The maximum atomic E-state index is 11.6. The molecule has 5 rings (SSSR count). The summed E-state index contributed by atoms with van der Waals surface area (Å²) in [4.78, 5) is 11.6. The highest BCUT2D eigenvalue weighted by atomic mass is 16.5. The van der Waals surface area contributed by atoms with Crippen LogP contribution < -0.4 is 0 Å². The lowest BCUT2D eigenvalue weighted by molar-refractivity contribution is -0.312. The van der Waals surface area contributed by atoms with Crippen molar-refractivity contribution in [2.45, 2.75) is 77.4 Å². The first-order valence-electron chi connectivity index (χ1n) is 11.1. The molecule has 2 N–H and O–H groups in total. The quantitative estimate of drug-likeness (QED) is 0.541. The molecule has 0 amide bonds. The molecule has 0 aromatic rings. The molecule has 1 unspecified atom stereocenters. The maximum absolute atomic E-state index is 11.6. The van der Waals surface area contributed by atoms with Crippen LogP contribution in [0.5, 0.6) is 0 Å². The van der Waals surface area contributed by atoms with E-state index in [0.717, 1.165) is 38.5 Å². The Morgan fingerprint density at radius 3 is 2.56 bits per heavy atom. The van der Waals surface area contributed by atoms with Gasteiger partial charge in [0, 0.05) is 17.9 Å². The second-order valence-corrected chi connectivity index (χ2v) is 10.6. The molecule has 0 aromatic carbocycles. The number of cyclic esters (lactones) is 1. The molecular weight excluding hydrogens is 340 g/mol. The van der Waals surface area contributed by atoms with E-state index in [9.17, 15) is 15.0 Å². The summed E-state index contributed by atoms with van der Waals surface area (Å²) in [6.45, 7) is 5.11. The Balaban J connectivity index is 1.47. The molecule has 27 heavy (non-hydrogen) atoms. The normalized spacial score (nSPS) is 51.0. The summed E-state index contributed by atoms with van der Waals surface area (Å²) in [6.07, 6.45) is 11.3. The number of aliphatic hydroxyl groups is 2.